The molecule has 1 unspecified atom stereocenters. The number of ether oxygens (including phenoxy) is 1. The van der Waals surface area contributed by atoms with Crippen LogP contribution in [-0.4, -0.2) is 40.4 Å². The van der Waals surface area contributed by atoms with Crippen LogP contribution in [0.1, 0.15) is 29.0 Å². The molecule has 0 amide bonds. The highest BCUT2D eigenvalue weighted by atomic mass is 16.5. The number of ketones is 1. The Labute approximate surface area is 182 Å². The molecule has 1 fully saturated rings. The van der Waals surface area contributed by atoms with Gasteiger partial charge in [0.2, 0.25) is 0 Å². The zero-order chi connectivity index (χ0) is 21.4. The van der Waals surface area contributed by atoms with Gasteiger partial charge in [-0.25, -0.2) is 4.98 Å². The number of para-hydroxylation sites is 2. The number of benzene rings is 3. The largest absolute Gasteiger partial charge is 0.497 e. The summed E-state index contributed by atoms with van der Waals surface area (Å²) in [6, 6.07) is 20.2. The van der Waals surface area contributed by atoms with Crippen LogP contribution in [0.5, 0.6) is 5.75 Å². The fraction of sp³-hybridized carbons (Fsp3) is 0.308. The summed E-state index contributed by atoms with van der Waals surface area (Å²) in [6.07, 6.45) is 1.98. The summed E-state index contributed by atoms with van der Waals surface area (Å²) < 4.78 is 7.47. The van der Waals surface area contributed by atoms with Crippen molar-refractivity contribution < 1.29 is 9.53 Å². The van der Waals surface area contributed by atoms with Gasteiger partial charge in [-0.05, 0) is 60.5 Å². The van der Waals surface area contributed by atoms with E-state index in [1.54, 1.807) is 7.11 Å². The minimum Gasteiger partial charge on any atom is -0.497 e. The molecule has 31 heavy (non-hydrogen) atoms. The van der Waals surface area contributed by atoms with Crippen LogP contribution in [0.4, 0.5) is 0 Å². The van der Waals surface area contributed by atoms with E-state index in [-0.39, 0.29) is 11.7 Å². The lowest BCUT2D eigenvalue weighted by Crippen LogP contribution is -2.38. The zero-order valence-electron chi connectivity index (χ0n) is 18.0. The van der Waals surface area contributed by atoms with E-state index in [1.807, 2.05) is 48.5 Å². The quantitative estimate of drug-likeness (QED) is 0.440. The first kappa shape index (κ1) is 19.8. The smallest absolute Gasteiger partial charge is 0.167 e. The average molecular weight is 414 g/mol. The van der Waals surface area contributed by atoms with Gasteiger partial charge in [0.1, 0.15) is 11.6 Å². The molecule has 3 aromatic carbocycles. The van der Waals surface area contributed by atoms with Gasteiger partial charge in [0.05, 0.1) is 24.7 Å². The second-order valence-corrected chi connectivity index (χ2v) is 8.44. The molecule has 1 aliphatic rings. The molecule has 5 nitrogen and oxygen atoms in total. The van der Waals surface area contributed by atoms with Gasteiger partial charge in [0.25, 0.3) is 0 Å². The molecular formula is C26H27N3O2. The number of nitrogens with zero attached hydrogens (tertiary/aromatic N) is 3. The Morgan fingerprint density at radius 3 is 2.74 bits per heavy atom. The van der Waals surface area contributed by atoms with Gasteiger partial charge in [-0.1, -0.05) is 30.3 Å². The molecule has 0 aliphatic carbocycles. The standard InChI is InChI=1S/C26H27N3O2/c1-28-24-8-4-3-7-23(24)27-25(28)17-29-13-5-6-21(16-29)26(30)20-10-9-19-15-22(31-2)12-11-18(19)14-20/h3-4,7-12,14-15,21H,5-6,13,16-17H2,1-2H3. The molecule has 4 aromatic rings. The van der Waals surface area contributed by atoms with Gasteiger partial charge in [-0.3, -0.25) is 9.69 Å². The highest BCUT2D eigenvalue weighted by molar-refractivity contribution is 6.01. The summed E-state index contributed by atoms with van der Waals surface area (Å²) in [6.45, 7) is 2.56. The lowest BCUT2D eigenvalue weighted by Gasteiger charge is -2.31. The number of Topliss-reactive ketones (excluding diaryl/α,β-unsaturated/α-hetero) is 1. The molecule has 158 valence electrons. The van der Waals surface area contributed by atoms with Crippen molar-refractivity contribution in [1.29, 1.82) is 0 Å². The molecule has 2 heterocycles. The van der Waals surface area contributed by atoms with Crippen LogP contribution < -0.4 is 4.74 Å². The fourth-order valence-corrected chi connectivity index (χ4v) is 4.69. The number of piperidine rings is 1. The molecule has 0 saturated carbocycles. The molecular weight excluding hydrogens is 386 g/mol. The number of aryl methyl sites for hydroxylation is 1. The number of likely N-dealkylation sites (tertiary alicyclic amines) is 1. The van der Waals surface area contributed by atoms with E-state index in [4.69, 9.17) is 9.72 Å². The lowest BCUT2D eigenvalue weighted by molar-refractivity contribution is 0.0808. The van der Waals surface area contributed by atoms with E-state index in [1.165, 1.54) is 0 Å². The number of imidazole rings is 1. The molecule has 0 spiro atoms. The first-order valence-electron chi connectivity index (χ1n) is 10.9. The lowest BCUT2D eigenvalue weighted by atomic mass is 9.89. The Morgan fingerprint density at radius 2 is 1.90 bits per heavy atom. The van der Waals surface area contributed by atoms with Gasteiger partial charge in [0.15, 0.2) is 5.78 Å². The predicted molar refractivity (Wildman–Crippen MR) is 124 cm³/mol. The second-order valence-electron chi connectivity index (χ2n) is 8.44. The van der Waals surface area contributed by atoms with Crippen LogP contribution in [0.2, 0.25) is 0 Å². The van der Waals surface area contributed by atoms with E-state index >= 15 is 0 Å². The molecule has 0 N–H and O–H groups in total. The topological polar surface area (TPSA) is 47.4 Å². The number of carbonyl (C=O) groups excluding carboxylic acids is 1. The third-order valence-corrected chi connectivity index (χ3v) is 6.45. The first-order chi connectivity index (χ1) is 15.1. The van der Waals surface area contributed by atoms with Crippen LogP contribution in [0.15, 0.2) is 60.7 Å². The third-order valence-electron chi connectivity index (χ3n) is 6.45. The fourth-order valence-electron chi connectivity index (χ4n) is 4.69. The first-order valence-corrected chi connectivity index (χ1v) is 10.9. The minimum atomic E-state index is 0.0270. The summed E-state index contributed by atoms with van der Waals surface area (Å²) in [4.78, 5) is 20.5. The monoisotopic (exact) mass is 413 g/mol. The van der Waals surface area contributed by atoms with Crippen LogP contribution in [0, 0.1) is 5.92 Å². The van der Waals surface area contributed by atoms with E-state index in [0.29, 0.717) is 0 Å². The van der Waals surface area contributed by atoms with Gasteiger partial charge in [0, 0.05) is 25.1 Å². The zero-order valence-corrected chi connectivity index (χ0v) is 18.0. The van der Waals surface area contributed by atoms with E-state index < -0.39 is 0 Å². The maximum absolute atomic E-state index is 13.3. The van der Waals surface area contributed by atoms with Gasteiger partial charge in [-0.2, -0.15) is 0 Å². The van der Waals surface area contributed by atoms with Gasteiger partial charge >= 0.3 is 0 Å². The van der Waals surface area contributed by atoms with Crippen LogP contribution in [-0.2, 0) is 13.6 Å². The van der Waals surface area contributed by atoms with E-state index in [2.05, 4.69) is 28.6 Å². The molecule has 1 saturated heterocycles. The number of fused-ring (bicyclic) bond motifs is 2. The summed E-state index contributed by atoms with van der Waals surface area (Å²) in [5.41, 5.74) is 2.97. The van der Waals surface area contributed by atoms with E-state index in [9.17, 15) is 4.79 Å². The number of hydrogen-bond acceptors (Lipinski definition) is 4. The summed E-state index contributed by atoms with van der Waals surface area (Å²) >= 11 is 0. The van der Waals surface area contributed by atoms with Crippen molar-refractivity contribution in [3.63, 3.8) is 0 Å². The summed E-state index contributed by atoms with van der Waals surface area (Å²) in [5, 5.41) is 2.15. The Morgan fingerprint density at radius 1 is 1.10 bits per heavy atom. The van der Waals surface area contributed by atoms with Crippen LogP contribution >= 0.6 is 0 Å². The molecule has 1 aliphatic heterocycles. The van der Waals surface area contributed by atoms with Gasteiger partial charge in [-0.15, -0.1) is 0 Å². The third kappa shape index (κ3) is 3.81. The number of methoxy groups -OCH3 is 1. The predicted octanol–water partition coefficient (Wildman–Crippen LogP) is 4.83. The number of aromatic nitrogens is 2. The van der Waals surface area contributed by atoms with Gasteiger partial charge < -0.3 is 9.30 Å². The number of hydrogen-bond donors (Lipinski definition) is 0. The van der Waals surface area contributed by atoms with Crippen molar-refractivity contribution in [3.8, 4) is 5.75 Å². The highest BCUT2D eigenvalue weighted by Crippen LogP contribution is 2.26. The summed E-state index contributed by atoms with van der Waals surface area (Å²) in [5.74, 6) is 2.15. The van der Waals surface area contributed by atoms with E-state index in [0.717, 1.165) is 71.4 Å². The molecule has 0 bridgehead atoms. The molecule has 5 heteroatoms. The summed E-state index contributed by atoms with van der Waals surface area (Å²) in [7, 11) is 3.74. The van der Waals surface area contributed by atoms with Crippen molar-refractivity contribution in [2.45, 2.75) is 19.4 Å². The van der Waals surface area contributed by atoms with Crippen molar-refractivity contribution in [2.75, 3.05) is 20.2 Å². The minimum absolute atomic E-state index is 0.0270. The Bertz CT molecular complexity index is 1260. The maximum atomic E-state index is 13.3. The SMILES string of the molecule is COc1ccc2cc(C(=O)C3CCCN(Cc4nc5ccccc5n4C)C3)ccc2c1. The Balaban J connectivity index is 1.33. The van der Waals surface area contributed by atoms with Crippen LogP contribution in [0.3, 0.4) is 0 Å². The van der Waals surface area contributed by atoms with Crippen molar-refractivity contribution >= 4 is 27.6 Å². The number of carbonyl (C=O) groups is 1. The maximum Gasteiger partial charge on any atom is 0.167 e. The van der Waals surface area contributed by atoms with Crippen molar-refractivity contribution in [2.24, 2.45) is 13.0 Å². The Hall–Kier alpha value is -3.18. The van der Waals surface area contributed by atoms with Crippen molar-refractivity contribution in [3.05, 3.63) is 72.1 Å². The average Bonchev–Trinajstić information content (AvgIpc) is 3.13. The highest BCUT2D eigenvalue weighted by Gasteiger charge is 2.27. The Kier molecular flexibility index (Phi) is 5.20. The number of rotatable bonds is 5. The molecule has 1 aromatic heterocycles. The van der Waals surface area contributed by atoms with Crippen LogP contribution in [0.25, 0.3) is 21.8 Å². The van der Waals surface area contributed by atoms with Crippen molar-refractivity contribution in [1.82, 2.24) is 14.5 Å². The molecule has 0 radical (unpaired) electrons. The molecule has 1 atom stereocenters. The normalized spacial score (nSPS) is 17.3. The second kappa shape index (κ2) is 8.16. The molecule has 5 rings (SSSR count).